The van der Waals surface area contributed by atoms with Gasteiger partial charge in [-0.15, -0.1) is 0 Å². The van der Waals surface area contributed by atoms with E-state index in [9.17, 15) is 4.79 Å². The second-order valence-corrected chi connectivity index (χ2v) is 5.87. The molecule has 1 aliphatic rings. The Hall–Kier alpha value is -0.0500. The Labute approximate surface area is 102 Å². The van der Waals surface area contributed by atoms with Crippen molar-refractivity contribution in [3.63, 3.8) is 0 Å². The Balaban J connectivity index is 2.50. The first-order valence-electron chi connectivity index (χ1n) is 5.94. The van der Waals surface area contributed by atoms with Crippen LogP contribution in [0.2, 0.25) is 0 Å². The van der Waals surface area contributed by atoms with Crippen molar-refractivity contribution in [2.24, 2.45) is 5.92 Å². The van der Waals surface area contributed by atoms with E-state index in [1.165, 1.54) is 32.1 Å². The van der Waals surface area contributed by atoms with Gasteiger partial charge in [-0.05, 0) is 18.8 Å². The molecule has 0 N–H and O–H groups in total. The molecular weight excluding hydrogens is 254 g/mol. The number of hydrogen-bond acceptors (Lipinski definition) is 1. The van der Waals surface area contributed by atoms with Crippen molar-refractivity contribution in [3.8, 4) is 0 Å². The van der Waals surface area contributed by atoms with E-state index in [4.69, 9.17) is 0 Å². The number of alkyl halides is 1. The standard InChI is InChI=1S/C12H22BrNO/c1-9(2)11(13)12(15)14(3)10-7-5-4-6-8-10/h9-11H,4-8H2,1-3H3. The van der Waals surface area contributed by atoms with Crippen molar-refractivity contribution in [2.75, 3.05) is 7.05 Å². The van der Waals surface area contributed by atoms with Crippen LogP contribution < -0.4 is 0 Å². The summed E-state index contributed by atoms with van der Waals surface area (Å²) in [5.74, 6) is 0.612. The van der Waals surface area contributed by atoms with Gasteiger partial charge < -0.3 is 4.90 Å². The molecule has 0 radical (unpaired) electrons. The van der Waals surface area contributed by atoms with E-state index in [0.717, 1.165) is 0 Å². The van der Waals surface area contributed by atoms with Gasteiger partial charge in [-0.2, -0.15) is 0 Å². The molecule has 0 bridgehead atoms. The fourth-order valence-corrected chi connectivity index (χ4v) is 2.45. The van der Waals surface area contributed by atoms with Gasteiger partial charge in [0, 0.05) is 13.1 Å². The lowest BCUT2D eigenvalue weighted by Crippen LogP contribution is -2.43. The molecular formula is C12H22BrNO. The summed E-state index contributed by atoms with van der Waals surface area (Å²) in [7, 11) is 1.95. The number of halogens is 1. The molecule has 1 fully saturated rings. The summed E-state index contributed by atoms with van der Waals surface area (Å²) in [6.07, 6.45) is 6.24. The molecule has 0 aromatic carbocycles. The van der Waals surface area contributed by atoms with Crippen molar-refractivity contribution in [1.29, 1.82) is 0 Å². The molecule has 1 rings (SSSR count). The summed E-state index contributed by atoms with van der Waals surface area (Å²) in [6, 6.07) is 0.477. The third-order valence-corrected chi connectivity index (χ3v) is 4.74. The van der Waals surface area contributed by atoms with Crippen LogP contribution in [0.25, 0.3) is 0 Å². The Morgan fingerprint density at radius 3 is 2.27 bits per heavy atom. The smallest absolute Gasteiger partial charge is 0.236 e. The van der Waals surface area contributed by atoms with Gasteiger partial charge in [0.2, 0.25) is 5.91 Å². The Bertz CT molecular complexity index is 212. The second kappa shape index (κ2) is 5.88. The maximum atomic E-state index is 12.1. The van der Waals surface area contributed by atoms with Crippen LogP contribution in [0, 0.1) is 5.92 Å². The summed E-state index contributed by atoms with van der Waals surface area (Å²) in [4.78, 5) is 14.0. The maximum absolute atomic E-state index is 12.1. The first kappa shape index (κ1) is 13.0. The van der Waals surface area contributed by atoms with Gasteiger partial charge in [0.25, 0.3) is 0 Å². The van der Waals surface area contributed by atoms with Gasteiger partial charge >= 0.3 is 0 Å². The first-order valence-corrected chi connectivity index (χ1v) is 6.86. The lowest BCUT2D eigenvalue weighted by molar-refractivity contribution is -0.132. The number of nitrogens with zero attached hydrogens (tertiary/aromatic N) is 1. The van der Waals surface area contributed by atoms with Crippen molar-refractivity contribution in [3.05, 3.63) is 0 Å². The predicted molar refractivity (Wildman–Crippen MR) is 67.2 cm³/mol. The van der Waals surface area contributed by atoms with E-state index in [1.54, 1.807) is 0 Å². The highest BCUT2D eigenvalue weighted by atomic mass is 79.9. The topological polar surface area (TPSA) is 20.3 Å². The highest BCUT2D eigenvalue weighted by molar-refractivity contribution is 9.10. The molecule has 1 unspecified atom stereocenters. The second-order valence-electron chi connectivity index (χ2n) is 4.89. The number of amides is 1. The number of rotatable bonds is 3. The normalized spacial score (nSPS) is 20.3. The SMILES string of the molecule is CC(C)C(Br)C(=O)N(C)C1CCCCC1. The molecule has 1 amide bonds. The predicted octanol–water partition coefficient (Wildman–Crippen LogP) is 3.20. The summed E-state index contributed by atoms with van der Waals surface area (Å²) < 4.78 is 0. The van der Waals surface area contributed by atoms with Gasteiger partial charge in [0.1, 0.15) is 0 Å². The molecule has 0 aromatic heterocycles. The molecule has 0 heterocycles. The van der Waals surface area contributed by atoms with Gasteiger partial charge in [0.05, 0.1) is 4.83 Å². The first-order chi connectivity index (χ1) is 7.04. The fourth-order valence-electron chi connectivity index (χ4n) is 2.13. The van der Waals surface area contributed by atoms with E-state index in [2.05, 4.69) is 29.8 Å². The number of carbonyl (C=O) groups is 1. The van der Waals surface area contributed by atoms with Crippen LogP contribution in [0.4, 0.5) is 0 Å². The summed E-state index contributed by atoms with van der Waals surface area (Å²) >= 11 is 3.48. The molecule has 1 saturated carbocycles. The lowest BCUT2D eigenvalue weighted by atomic mass is 9.94. The van der Waals surface area contributed by atoms with E-state index in [1.807, 2.05) is 11.9 Å². The average Bonchev–Trinajstić information content (AvgIpc) is 2.27. The monoisotopic (exact) mass is 275 g/mol. The zero-order valence-corrected chi connectivity index (χ0v) is 11.6. The van der Waals surface area contributed by atoms with Crippen molar-refractivity contribution >= 4 is 21.8 Å². The van der Waals surface area contributed by atoms with Gasteiger partial charge in [-0.3, -0.25) is 4.79 Å². The zero-order valence-electron chi connectivity index (χ0n) is 10.0. The third kappa shape index (κ3) is 3.47. The van der Waals surface area contributed by atoms with Crippen LogP contribution in [0.3, 0.4) is 0 Å². The molecule has 0 aliphatic heterocycles. The molecule has 0 spiro atoms. The van der Waals surface area contributed by atoms with E-state index >= 15 is 0 Å². The number of carbonyl (C=O) groups excluding carboxylic acids is 1. The Morgan fingerprint density at radius 2 is 1.80 bits per heavy atom. The van der Waals surface area contributed by atoms with Crippen LogP contribution in [-0.4, -0.2) is 28.7 Å². The minimum absolute atomic E-state index is 0.0237. The number of hydrogen-bond donors (Lipinski definition) is 0. The van der Waals surface area contributed by atoms with Crippen LogP contribution in [0.1, 0.15) is 46.0 Å². The van der Waals surface area contributed by atoms with Crippen molar-refractivity contribution in [1.82, 2.24) is 4.90 Å². The minimum Gasteiger partial charge on any atom is -0.342 e. The van der Waals surface area contributed by atoms with Crippen LogP contribution in [0.15, 0.2) is 0 Å². The molecule has 15 heavy (non-hydrogen) atoms. The quantitative estimate of drug-likeness (QED) is 0.725. The Kier molecular flexibility index (Phi) is 5.10. The molecule has 2 nitrogen and oxygen atoms in total. The van der Waals surface area contributed by atoms with E-state index < -0.39 is 0 Å². The Morgan fingerprint density at radius 1 is 1.27 bits per heavy atom. The molecule has 0 saturated heterocycles. The molecule has 1 atom stereocenters. The lowest BCUT2D eigenvalue weighted by Gasteiger charge is -2.33. The molecule has 1 aliphatic carbocycles. The fraction of sp³-hybridized carbons (Fsp3) is 0.917. The van der Waals surface area contributed by atoms with E-state index in [0.29, 0.717) is 12.0 Å². The van der Waals surface area contributed by atoms with Crippen LogP contribution in [-0.2, 0) is 4.79 Å². The highest BCUT2D eigenvalue weighted by Crippen LogP contribution is 2.24. The molecule has 3 heteroatoms. The van der Waals surface area contributed by atoms with Gasteiger partial charge in [-0.1, -0.05) is 49.0 Å². The summed E-state index contributed by atoms with van der Waals surface area (Å²) in [5, 5.41) is 0. The third-order valence-electron chi connectivity index (χ3n) is 3.29. The maximum Gasteiger partial charge on any atom is 0.236 e. The summed E-state index contributed by atoms with van der Waals surface area (Å²) in [5.41, 5.74) is 0. The van der Waals surface area contributed by atoms with Gasteiger partial charge in [-0.25, -0.2) is 0 Å². The molecule has 0 aromatic rings. The van der Waals surface area contributed by atoms with Crippen molar-refractivity contribution < 1.29 is 4.79 Å². The van der Waals surface area contributed by atoms with E-state index in [-0.39, 0.29) is 10.7 Å². The molecule has 88 valence electrons. The summed E-state index contributed by atoms with van der Waals surface area (Å²) in [6.45, 7) is 4.15. The van der Waals surface area contributed by atoms with Crippen LogP contribution >= 0.6 is 15.9 Å². The van der Waals surface area contributed by atoms with Crippen molar-refractivity contribution in [2.45, 2.75) is 56.8 Å². The minimum atomic E-state index is -0.0237. The van der Waals surface area contributed by atoms with Crippen LogP contribution in [0.5, 0.6) is 0 Å². The highest BCUT2D eigenvalue weighted by Gasteiger charge is 2.27. The van der Waals surface area contributed by atoms with Gasteiger partial charge in [0.15, 0.2) is 0 Å². The zero-order chi connectivity index (χ0) is 11.4. The average molecular weight is 276 g/mol. The largest absolute Gasteiger partial charge is 0.342 e.